The van der Waals surface area contributed by atoms with Crippen molar-refractivity contribution in [2.24, 2.45) is 0 Å². The summed E-state index contributed by atoms with van der Waals surface area (Å²) in [6.45, 7) is 6.29. The lowest BCUT2D eigenvalue weighted by molar-refractivity contribution is 0.0732. The molecular weight excluding hydrogens is 375 g/mol. The molecule has 0 fully saturated rings. The second-order valence-electron chi connectivity index (χ2n) is 5.20. The van der Waals surface area contributed by atoms with Gasteiger partial charge in [-0.3, -0.25) is 0 Å². The van der Waals surface area contributed by atoms with E-state index in [0.717, 1.165) is 21.1 Å². The van der Waals surface area contributed by atoms with Crippen molar-refractivity contribution in [3.8, 4) is 5.75 Å². The second kappa shape index (κ2) is 7.07. The van der Waals surface area contributed by atoms with Crippen LogP contribution in [0.4, 0.5) is 0 Å². The van der Waals surface area contributed by atoms with Crippen molar-refractivity contribution in [1.82, 2.24) is 0 Å². The molecule has 1 atom stereocenters. The molecule has 2 aromatic carbocycles. The van der Waals surface area contributed by atoms with Crippen LogP contribution in [0.25, 0.3) is 0 Å². The van der Waals surface area contributed by atoms with Crippen molar-refractivity contribution in [2.75, 3.05) is 0 Å². The van der Waals surface area contributed by atoms with Crippen LogP contribution in [0.15, 0.2) is 42.5 Å². The van der Waals surface area contributed by atoms with Gasteiger partial charge in [0.2, 0.25) is 0 Å². The average Bonchev–Trinajstić information content (AvgIpc) is 2.49. The van der Waals surface area contributed by atoms with Crippen LogP contribution in [0.3, 0.4) is 0 Å². The van der Waals surface area contributed by atoms with Gasteiger partial charge in [0.25, 0.3) is 0 Å². The minimum atomic E-state index is -0.302. The summed E-state index contributed by atoms with van der Waals surface area (Å²) in [6, 6.07) is 13.4. The standard InChI is InChI=1S/C18H19IO2/c1-4-12(2)15-7-5-6-8-17(15)21-18(20)14-10-9-13(3)16(19)11-14/h5-12H,4H2,1-3H3. The van der Waals surface area contributed by atoms with E-state index in [1.807, 2.05) is 49.4 Å². The van der Waals surface area contributed by atoms with E-state index in [2.05, 4.69) is 36.4 Å². The van der Waals surface area contributed by atoms with Crippen LogP contribution < -0.4 is 4.74 Å². The number of rotatable bonds is 4. The van der Waals surface area contributed by atoms with Gasteiger partial charge in [-0.15, -0.1) is 0 Å². The number of carbonyl (C=O) groups excluding carboxylic acids is 1. The molecule has 3 heteroatoms. The Hall–Kier alpha value is -1.36. The third kappa shape index (κ3) is 3.84. The van der Waals surface area contributed by atoms with E-state index in [0.29, 0.717) is 17.2 Å². The number of aryl methyl sites for hydroxylation is 1. The minimum absolute atomic E-state index is 0.302. The van der Waals surface area contributed by atoms with Crippen LogP contribution in [-0.2, 0) is 0 Å². The Labute approximate surface area is 139 Å². The molecule has 0 spiro atoms. The zero-order chi connectivity index (χ0) is 15.4. The summed E-state index contributed by atoms with van der Waals surface area (Å²) in [6.07, 6.45) is 1.01. The molecular formula is C18H19IO2. The van der Waals surface area contributed by atoms with Crippen LogP contribution in [0.1, 0.15) is 47.7 Å². The highest BCUT2D eigenvalue weighted by Crippen LogP contribution is 2.29. The molecule has 0 aliphatic rings. The molecule has 0 saturated heterocycles. The van der Waals surface area contributed by atoms with Gasteiger partial charge >= 0.3 is 5.97 Å². The van der Waals surface area contributed by atoms with Gasteiger partial charge in [0.15, 0.2) is 0 Å². The molecule has 0 aliphatic carbocycles. The van der Waals surface area contributed by atoms with E-state index in [1.54, 1.807) is 0 Å². The number of benzene rings is 2. The number of halogens is 1. The quantitative estimate of drug-likeness (QED) is 0.398. The molecule has 2 aromatic rings. The molecule has 0 saturated carbocycles. The number of hydrogen-bond donors (Lipinski definition) is 0. The Morgan fingerprint density at radius 2 is 1.95 bits per heavy atom. The highest BCUT2D eigenvalue weighted by molar-refractivity contribution is 14.1. The summed E-state index contributed by atoms with van der Waals surface area (Å²) in [5.41, 5.74) is 2.83. The van der Waals surface area contributed by atoms with Crippen molar-refractivity contribution in [3.63, 3.8) is 0 Å². The number of esters is 1. The topological polar surface area (TPSA) is 26.3 Å². The highest BCUT2D eigenvalue weighted by Gasteiger charge is 2.15. The molecule has 2 nitrogen and oxygen atoms in total. The van der Waals surface area contributed by atoms with E-state index in [-0.39, 0.29) is 5.97 Å². The van der Waals surface area contributed by atoms with Gasteiger partial charge in [0.1, 0.15) is 5.75 Å². The first-order valence-corrected chi connectivity index (χ1v) is 8.18. The maximum Gasteiger partial charge on any atom is 0.343 e. The second-order valence-corrected chi connectivity index (χ2v) is 6.36. The lowest BCUT2D eigenvalue weighted by Crippen LogP contribution is -2.11. The van der Waals surface area contributed by atoms with Crippen molar-refractivity contribution in [1.29, 1.82) is 0 Å². The predicted molar refractivity (Wildman–Crippen MR) is 94.0 cm³/mol. The fourth-order valence-electron chi connectivity index (χ4n) is 2.08. The maximum absolute atomic E-state index is 12.3. The van der Waals surface area contributed by atoms with Gasteiger partial charge in [0, 0.05) is 3.57 Å². The smallest absolute Gasteiger partial charge is 0.343 e. The van der Waals surface area contributed by atoms with E-state index < -0.39 is 0 Å². The van der Waals surface area contributed by atoms with E-state index in [4.69, 9.17) is 4.74 Å². The van der Waals surface area contributed by atoms with Crippen LogP contribution in [-0.4, -0.2) is 5.97 Å². The third-order valence-electron chi connectivity index (χ3n) is 3.67. The normalized spacial score (nSPS) is 12.0. The summed E-state index contributed by atoms with van der Waals surface area (Å²) < 4.78 is 6.67. The monoisotopic (exact) mass is 394 g/mol. The lowest BCUT2D eigenvalue weighted by Gasteiger charge is -2.14. The average molecular weight is 394 g/mol. The molecule has 0 N–H and O–H groups in total. The molecule has 0 aromatic heterocycles. The number of para-hydroxylation sites is 1. The molecule has 2 rings (SSSR count). The Morgan fingerprint density at radius 3 is 2.62 bits per heavy atom. The SMILES string of the molecule is CCC(C)c1ccccc1OC(=O)c1ccc(C)c(I)c1. The first-order valence-electron chi connectivity index (χ1n) is 7.10. The Balaban J connectivity index is 2.25. The summed E-state index contributed by atoms with van der Waals surface area (Å²) in [5.74, 6) is 0.725. The molecule has 0 heterocycles. The fraction of sp³-hybridized carbons (Fsp3) is 0.278. The minimum Gasteiger partial charge on any atom is -0.423 e. The Bertz CT molecular complexity index is 649. The first-order chi connectivity index (χ1) is 10.0. The van der Waals surface area contributed by atoms with Gasteiger partial charge in [-0.2, -0.15) is 0 Å². The Morgan fingerprint density at radius 1 is 1.24 bits per heavy atom. The van der Waals surface area contributed by atoms with E-state index in [1.165, 1.54) is 0 Å². The molecule has 1 unspecified atom stereocenters. The number of carbonyl (C=O) groups is 1. The van der Waals surface area contributed by atoms with Crippen LogP contribution in [0.2, 0.25) is 0 Å². The lowest BCUT2D eigenvalue weighted by atomic mass is 9.98. The summed E-state index contributed by atoms with van der Waals surface area (Å²) >= 11 is 2.23. The fourth-order valence-corrected chi connectivity index (χ4v) is 2.59. The third-order valence-corrected chi connectivity index (χ3v) is 4.83. The van der Waals surface area contributed by atoms with Crippen molar-refractivity contribution >= 4 is 28.6 Å². The summed E-state index contributed by atoms with van der Waals surface area (Å²) in [5, 5.41) is 0. The van der Waals surface area contributed by atoms with Crippen molar-refractivity contribution in [3.05, 3.63) is 62.7 Å². The van der Waals surface area contributed by atoms with Crippen molar-refractivity contribution in [2.45, 2.75) is 33.1 Å². The van der Waals surface area contributed by atoms with E-state index >= 15 is 0 Å². The Kier molecular flexibility index (Phi) is 5.39. The van der Waals surface area contributed by atoms with Gasteiger partial charge in [0.05, 0.1) is 5.56 Å². The van der Waals surface area contributed by atoms with Gasteiger partial charge in [-0.25, -0.2) is 4.79 Å². The molecule has 110 valence electrons. The van der Waals surface area contributed by atoms with Crippen LogP contribution in [0, 0.1) is 10.5 Å². The summed E-state index contributed by atoms with van der Waals surface area (Å²) in [4.78, 5) is 12.3. The first kappa shape index (κ1) is 16.0. The van der Waals surface area contributed by atoms with Gasteiger partial charge < -0.3 is 4.74 Å². The molecule has 21 heavy (non-hydrogen) atoms. The highest BCUT2D eigenvalue weighted by atomic mass is 127. The number of ether oxygens (including phenoxy) is 1. The van der Waals surface area contributed by atoms with E-state index in [9.17, 15) is 4.79 Å². The van der Waals surface area contributed by atoms with Gasteiger partial charge in [-0.1, -0.05) is 38.1 Å². The van der Waals surface area contributed by atoms with Gasteiger partial charge in [-0.05, 0) is 71.2 Å². The zero-order valence-electron chi connectivity index (χ0n) is 12.5. The molecule has 0 radical (unpaired) electrons. The predicted octanol–water partition coefficient (Wildman–Crippen LogP) is 5.33. The summed E-state index contributed by atoms with van der Waals surface area (Å²) in [7, 11) is 0. The van der Waals surface area contributed by atoms with Crippen LogP contribution >= 0.6 is 22.6 Å². The molecule has 0 aliphatic heterocycles. The molecule has 0 amide bonds. The zero-order valence-corrected chi connectivity index (χ0v) is 14.7. The van der Waals surface area contributed by atoms with Crippen molar-refractivity contribution < 1.29 is 9.53 Å². The van der Waals surface area contributed by atoms with Crippen LogP contribution in [0.5, 0.6) is 5.75 Å². The maximum atomic E-state index is 12.3. The molecule has 0 bridgehead atoms. The number of hydrogen-bond acceptors (Lipinski definition) is 2. The largest absolute Gasteiger partial charge is 0.423 e.